The molecule has 0 saturated heterocycles. The molecule has 5 nitrogen and oxygen atoms in total. The number of esters is 1. The van der Waals surface area contributed by atoms with Gasteiger partial charge in [-0.1, -0.05) is 12.2 Å². The zero-order valence-electron chi connectivity index (χ0n) is 15.2. The molecule has 1 aliphatic rings. The minimum Gasteiger partial charge on any atom is -0.469 e. The first-order valence-corrected chi connectivity index (χ1v) is 9.20. The summed E-state index contributed by atoms with van der Waals surface area (Å²) in [6.45, 7) is 2.46. The number of hydrogen-bond donors (Lipinski definition) is 2. The Morgan fingerprint density at radius 1 is 1.33 bits per heavy atom. The normalized spacial score (nSPS) is 25.2. The Kier molecular flexibility index (Phi) is 11.0. The molecule has 1 aliphatic carbocycles. The standard InChI is InChI=1S/C19H34O5/c1-15(24-14-13-20)9-11-17-16(10-12-18(17)21)7-5-3-4-6-8-19(22)23-2/h3,5,15-18,20-21H,4,6-14H2,1-2H3/b5-3-/t15?,16?,17-,18?/m1/s1. The van der Waals surface area contributed by atoms with Gasteiger partial charge in [-0.2, -0.15) is 0 Å². The first kappa shape index (κ1) is 21.1. The minimum atomic E-state index is -0.201. The maximum atomic E-state index is 11.0. The predicted octanol–water partition coefficient (Wildman–Crippen LogP) is 2.84. The van der Waals surface area contributed by atoms with Crippen molar-refractivity contribution in [3.8, 4) is 0 Å². The van der Waals surface area contributed by atoms with Crippen LogP contribution in [0, 0.1) is 11.8 Å². The van der Waals surface area contributed by atoms with Gasteiger partial charge in [-0.3, -0.25) is 4.79 Å². The van der Waals surface area contributed by atoms with Crippen molar-refractivity contribution >= 4 is 5.97 Å². The van der Waals surface area contributed by atoms with Crippen LogP contribution in [0.2, 0.25) is 0 Å². The number of aliphatic hydroxyl groups excluding tert-OH is 2. The Bertz CT molecular complexity index is 369. The summed E-state index contributed by atoms with van der Waals surface area (Å²) in [6, 6.07) is 0. The lowest BCUT2D eigenvalue weighted by Gasteiger charge is -2.23. The van der Waals surface area contributed by atoms with Crippen LogP contribution in [0.25, 0.3) is 0 Å². The molecular formula is C19H34O5. The van der Waals surface area contributed by atoms with Gasteiger partial charge in [0, 0.05) is 6.42 Å². The van der Waals surface area contributed by atoms with Gasteiger partial charge in [0.15, 0.2) is 0 Å². The molecule has 1 fully saturated rings. The van der Waals surface area contributed by atoms with Crippen molar-refractivity contribution < 1.29 is 24.5 Å². The van der Waals surface area contributed by atoms with Crippen molar-refractivity contribution in [1.82, 2.24) is 0 Å². The molecule has 4 atom stereocenters. The van der Waals surface area contributed by atoms with Crippen LogP contribution >= 0.6 is 0 Å². The summed E-state index contributed by atoms with van der Waals surface area (Å²) < 4.78 is 10.1. The maximum absolute atomic E-state index is 11.0. The van der Waals surface area contributed by atoms with E-state index >= 15 is 0 Å². The van der Waals surface area contributed by atoms with E-state index in [9.17, 15) is 9.90 Å². The number of carbonyl (C=O) groups is 1. The van der Waals surface area contributed by atoms with E-state index < -0.39 is 0 Å². The zero-order chi connectivity index (χ0) is 17.8. The molecule has 0 aliphatic heterocycles. The monoisotopic (exact) mass is 342 g/mol. The molecule has 0 aromatic heterocycles. The fraction of sp³-hybridized carbons (Fsp3) is 0.842. The smallest absolute Gasteiger partial charge is 0.305 e. The van der Waals surface area contributed by atoms with Gasteiger partial charge in [0.25, 0.3) is 0 Å². The number of allylic oxidation sites excluding steroid dienone is 2. The highest BCUT2D eigenvalue weighted by molar-refractivity contribution is 5.68. The van der Waals surface area contributed by atoms with Gasteiger partial charge in [-0.25, -0.2) is 0 Å². The fourth-order valence-corrected chi connectivity index (χ4v) is 3.47. The van der Waals surface area contributed by atoms with E-state index in [2.05, 4.69) is 16.9 Å². The summed E-state index contributed by atoms with van der Waals surface area (Å²) in [7, 11) is 1.42. The Labute approximate surface area is 146 Å². The van der Waals surface area contributed by atoms with E-state index in [1.807, 2.05) is 6.92 Å². The third-order valence-corrected chi connectivity index (χ3v) is 4.92. The van der Waals surface area contributed by atoms with Crippen molar-refractivity contribution in [2.75, 3.05) is 20.3 Å². The summed E-state index contributed by atoms with van der Waals surface area (Å²) in [5, 5.41) is 19.0. The molecule has 24 heavy (non-hydrogen) atoms. The van der Waals surface area contributed by atoms with Gasteiger partial charge >= 0.3 is 5.97 Å². The van der Waals surface area contributed by atoms with E-state index in [0.717, 1.165) is 44.9 Å². The number of hydrogen-bond acceptors (Lipinski definition) is 5. The van der Waals surface area contributed by atoms with Crippen LogP contribution in [-0.4, -0.2) is 48.7 Å². The molecule has 1 saturated carbocycles. The van der Waals surface area contributed by atoms with E-state index in [4.69, 9.17) is 9.84 Å². The van der Waals surface area contributed by atoms with Crippen LogP contribution in [0.3, 0.4) is 0 Å². The molecule has 3 unspecified atom stereocenters. The van der Waals surface area contributed by atoms with Gasteiger partial charge in [0.1, 0.15) is 0 Å². The lowest BCUT2D eigenvalue weighted by atomic mass is 9.87. The van der Waals surface area contributed by atoms with Crippen molar-refractivity contribution in [2.45, 2.75) is 70.5 Å². The molecule has 1 rings (SSSR count). The summed E-state index contributed by atoms with van der Waals surface area (Å²) in [5.41, 5.74) is 0. The molecule has 5 heteroatoms. The average molecular weight is 342 g/mol. The molecule has 0 spiro atoms. The molecule has 0 bridgehead atoms. The molecule has 0 aromatic rings. The van der Waals surface area contributed by atoms with Crippen molar-refractivity contribution in [3.05, 3.63) is 12.2 Å². The number of carbonyl (C=O) groups excluding carboxylic acids is 1. The third-order valence-electron chi connectivity index (χ3n) is 4.92. The summed E-state index contributed by atoms with van der Waals surface area (Å²) in [5.74, 6) is 0.715. The topological polar surface area (TPSA) is 76.0 Å². The summed E-state index contributed by atoms with van der Waals surface area (Å²) >= 11 is 0. The van der Waals surface area contributed by atoms with E-state index in [0.29, 0.717) is 24.9 Å². The van der Waals surface area contributed by atoms with Crippen LogP contribution in [0.5, 0.6) is 0 Å². The molecule has 0 radical (unpaired) electrons. The first-order valence-electron chi connectivity index (χ1n) is 9.20. The zero-order valence-corrected chi connectivity index (χ0v) is 15.2. The molecule has 0 heterocycles. The Morgan fingerprint density at radius 3 is 2.83 bits per heavy atom. The van der Waals surface area contributed by atoms with Gasteiger partial charge in [0.2, 0.25) is 0 Å². The minimum absolute atomic E-state index is 0.0553. The number of methoxy groups -OCH3 is 1. The Hall–Kier alpha value is -0.910. The highest BCUT2D eigenvalue weighted by Crippen LogP contribution is 2.38. The predicted molar refractivity (Wildman–Crippen MR) is 93.6 cm³/mol. The average Bonchev–Trinajstić information content (AvgIpc) is 2.93. The molecular weight excluding hydrogens is 308 g/mol. The van der Waals surface area contributed by atoms with Crippen molar-refractivity contribution in [1.29, 1.82) is 0 Å². The van der Waals surface area contributed by atoms with E-state index in [1.54, 1.807) is 0 Å². The molecule has 0 aromatic carbocycles. The van der Waals surface area contributed by atoms with Crippen LogP contribution in [0.4, 0.5) is 0 Å². The van der Waals surface area contributed by atoms with Crippen molar-refractivity contribution in [2.24, 2.45) is 11.8 Å². The van der Waals surface area contributed by atoms with Gasteiger partial charge in [-0.05, 0) is 63.7 Å². The second kappa shape index (κ2) is 12.5. The molecule has 0 amide bonds. The maximum Gasteiger partial charge on any atom is 0.305 e. The third kappa shape index (κ3) is 8.27. The van der Waals surface area contributed by atoms with Gasteiger partial charge < -0.3 is 19.7 Å². The van der Waals surface area contributed by atoms with E-state index in [1.165, 1.54) is 7.11 Å². The highest BCUT2D eigenvalue weighted by atomic mass is 16.5. The number of aliphatic hydroxyl groups is 2. The molecule has 2 N–H and O–H groups in total. The number of unbranched alkanes of at least 4 members (excludes halogenated alkanes) is 1. The van der Waals surface area contributed by atoms with Crippen LogP contribution < -0.4 is 0 Å². The Morgan fingerprint density at radius 2 is 2.12 bits per heavy atom. The summed E-state index contributed by atoms with van der Waals surface area (Å²) in [4.78, 5) is 11.0. The van der Waals surface area contributed by atoms with E-state index in [-0.39, 0.29) is 24.8 Å². The first-order chi connectivity index (χ1) is 11.6. The second-order valence-electron chi connectivity index (χ2n) is 6.73. The van der Waals surface area contributed by atoms with Gasteiger partial charge in [0.05, 0.1) is 32.5 Å². The second-order valence-corrected chi connectivity index (χ2v) is 6.73. The summed E-state index contributed by atoms with van der Waals surface area (Å²) in [6.07, 6.45) is 11.3. The van der Waals surface area contributed by atoms with Crippen LogP contribution in [0.1, 0.15) is 58.3 Å². The molecule has 140 valence electrons. The van der Waals surface area contributed by atoms with Gasteiger partial charge in [-0.15, -0.1) is 0 Å². The SMILES string of the molecule is COC(=O)CCC/C=C\CC1CCC(O)[C@@H]1CCC(C)OCCO. The lowest BCUT2D eigenvalue weighted by molar-refractivity contribution is -0.140. The highest BCUT2D eigenvalue weighted by Gasteiger charge is 2.33. The number of ether oxygens (including phenoxy) is 2. The van der Waals surface area contributed by atoms with Crippen molar-refractivity contribution in [3.63, 3.8) is 0 Å². The quantitative estimate of drug-likeness (QED) is 0.324. The largest absolute Gasteiger partial charge is 0.469 e. The number of rotatable bonds is 12. The van der Waals surface area contributed by atoms with Crippen LogP contribution in [-0.2, 0) is 14.3 Å². The fourth-order valence-electron chi connectivity index (χ4n) is 3.47. The Balaban J connectivity index is 2.26. The lowest BCUT2D eigenvalue weighted by Crippen LogP contribution is -2.21. The van der Waals surface area contributed by atoms with Crippen LogP contribution in [0.15, 0.2) is 12.2 Å².